The number of rotatable bonds is 2. The lowest BCUT2D eigenvalue weighted by molar-refractivity contribution is -0.119. The van der Waals surface area contributed by atoms with Crippen molar-refractivity contribution in [1.82, 2.24) is 0 Å². The van der Waals surface area contributed by atoms with Gasteiger partial charge in [-0.3, -0.25) is 9.59 Å². The average molecular weight is 316 g/mol. The average Bonchev–Trinajstić information content (AvgIpc) is 2.58. The molecule has 2 rings (SSSR count). The van der Waals surface area contributed by atoms with E-state index in [0.29, 0.717) is 5.69 Å². The molecule has 0 N–H and O–H groups in total. The fourth-order valence-electron chi connectivity index (χ4n) is 1.41. The van der Waals surface area contributed by atoms with Crippen molar-refractivity contribution in [2.45, 2.75) is 4.90 Å². The highest BCUT2D eigenvalue weighted by molar-refractivity contribution is 9.47. The first-order valence-corrected chi connectivity index (χ1v) is 7.83. The molecular formula is C10H6BrNO4S. The van der Waals surface area contributed by atoms with Crippen LogP contribution in [0.2, 0.25) is 0 Å². The summed E-state index contributed by atoms with van der Waals surface area (Å²) in [6.45, 7) is 0. The lowest BCUT2D eigenvalue weighted by Crippen LogP contribution is -2.29. The van der Waals surface area contributed by atoms with Crippen molar-refractivity contribution in [1.29, 1.82) is 0 Å². The Morgan fingerprint density at radius 3 is 1.82 bits per heavy atom. The molecule has 17 heavy (non-hydrogen) atoms. The molecule has 7 heteroatoms. The Kier molecular flexibility index (Phi) is 2.88. The molecule has 88 valence electrons. The first-order chi connectivity index (χ1) is 7.89. The van der Waals surface area contributed by atoms with Gasteiger partial charge in [0.2, 0.25) is 8.27 Å². The minimum atomic E-state index is -3.46. The van der Waals surface area contributed by atoms with E-state index in [1.807, 2.05) is 0 Å². The summed E-state index contributed by atoms with van der Waals surface area (Å²) in [7, 11) is -3.46. The van der Waals surface area contributed by atoms with Crippen LogP contribution in [0.15, 0.2) is 41.3 Å². The van der Waals surface area contributed by atoms with Crippen LogP contribution in [-0.4, -0.2) is 20.2 Å². The highest BCUT2D eigenvalue weighted by Gasteiger charge is 2.25. The third-order valence-electron chi connectivity index (χ3n) is 2.19. The Bertz CT molecular complexity index is 600. The van der Waals surface area contributed by atoms with Gasteiger partial charge in [-0.05, 0) is 24.3 Å². The van der Waals surface area contributed by atoms with Crippen LogP contribution in [0.25, 0.3) is 0 Å². The lowest BCUT2D eigenvalue weighted by atomic mass is 10.3. The first kappa shape index (κ1) is 12.0. The number of anilines is 1. The molecule has 0 saturated carbocycles. The zero-order valence-electron chi connectivity index (χ0n) is 8.33. The second-order valence-corrected chi connectivity index (χ2v) is 7.18. The van der Waals surface area contributed by atoms with E-state index in [9.17, 15) is 18.0 Å². The van der Waals surface area contributed by atoms with E-state index in [2.05, 4.69) is 14.8 Å². The number of carbonyl (C=O) groups is 2. The SMILES string of the molecule is O=C1C=CC(=O)N1c1ccc(S(=O)(=O)Br)cc1. The highest BCUT2D eigenvalue weighted by Crippen LogP contribution is 2.23. The molecule has 0 unspecified atom stereocenters. The number of hydrogen-bond acceptors (Lipinski definition) is 4. The third-order valence-corrected chi connectivity index (χ3v) is 4.14. The minimum Gasteiger partial charge on any atom is -0.269 e. The second kappa shape index (κ2) is 4.08. The summed E-state index contributed by atoms with van der Waals surface area (Å²) in [6, 6.07) is 5.44. The summed E-state index contributed by atoms with van der Waals surface area (Å²) in [5, 5.41) is 0. The van der Waals surface area contributed by atoms with Gasteiger partial charge in [0.25, 0.3) is 11.8 Å². The van der Waals surface area contributed by atoms with Gasteiger partial charge < -0.3 is 0 Å². The zero-order valence-corrected chi connectivity index (χ0v) is 10.7. The number of amides is 2. The fraction of sp³-hybridized carbons (Fsp3) is 0. The number of carbonyl (C=O) groups excluding carboxylic acids is 2. The zero-order chi connectivity index (χ0) is 12.6. The van der Waals surface area contributed by atoms with Gasteiger partial charge in [-0.1, -0.05) is 0 Å². The second-order valence-electron chi connectivity index (χ2n) is 3.28. The van der Waals surface area contributed by atoms with Gasteiger partial charge >= 0.3 is 0 Å². The largest absolute Gasteiger partial charge is 0.269 e. The number of benzene rings is 1. The summed E-state index contributed by atoms with van der Waals surface area (Å²) >= 11 is 2.53. The Balaban J connectivity index is 2.37. The molecule has 0 radical (unpaired) electrons. The van der Waals surface area contributed by atoms with Crippen LogP contribution in [-0.2, 0) is 17.9 Å². The maximum atomic E-state index is 11.4. The molecule has 1 aromatic carbocycles. The van der Waals surface area contributed by atoms with Crippen molar-refractivity contribution in [2.24, 2.45) is 0 Å². The summed E-state index contributed by atoms with van der Waals surface area (Å²) < 4.78 is 22.3. The summed E-state index contributed by atoms with van der Waals surface area (Å²) in [5.41, 5.74) is 0.338. The maximum Gasteiger partial charge on any atom is 0.258 e. The standard InChI is InChI=1S/C10H6BrNO4S/c11-17(15,16)8-3-1-7(2-4-8)12-9(13)5-6-10(12)14/h1-6H. The molecule has 0 saturated heterocycles. The molecule has 1 heterocycles. The van der Waals surface area contributed by atoms with Crippen LogP contribution in [0.1, 0.15) is 0 Å². The Morgan fingerprint density at radius 1 is 0.941 bits per heavy atom. The van der Waals surface area contributed by atoms with Crippen molar-refractivity contribution in [3.05, 3.63) is 36.4 Å². The van der Waals surface area contributed by atoms with E-state index in [-0.39, 0.29) is 4.90 Å². The maximum absolute atomic E-state index is 11.4. The monoisotopic (exact) mass is 315 g/mol. The molecule has 0 fully saturated rings. The van der Waals surface area contributed by atoms with Crippen LogP contribution in [0.3, 0.4) is 0 Å². The Labute approximate surface area is 105 Å². The van der Waals surface area contributed by atoms with Crippen LogP contribution < -0.4 is 4.90 Å². The quantitative estimate of drug-likeness (QED) is 0.607. The van der Waals surface area contributed by atoms with Gasteiger partial charge in [0.1, 0.15) is 0 Å². The van der Waals surface area contributed by atoms with Crippen LogP contribution in [0.5, 0.6) is 0 Å². The highest BCUT2D eigenvalue weighted by atomic mass is 79.9. The van der Waals surface area contributed by atoms with Gasteiger partial charge in [-0.25, -0.2) is 13.3 Å². The van der Waals surface area contributed by atoms with E-state index < -0.39 is 20.1 Å². The number of nitrogens with zero attached hydrogens (tertiary/aromatic N) is 1. The first-order valence-electron chi connectivity index (χ1n) is 4.50. The molecule has 1 aromatic rings. The van der Waals surface area contributed by atoms with E-state index >= 15 is 0 Å². The summed E-state index contributed by atoms with van der Waals surface area (Å²) in [5.74, 6) is -0.881. The Hall–Kier alpha value is -1.47. The predicted octanol–water partition coefficient (Wildman–Crippen LogP) is 1.20. The van der Waals surface area contributed by atoms with Crippen LogP contribution in [0.4, 0.5) is 5.69 Å². The van der Waals surface area contributed by atoms with Crippen LogP contribution >= 0.6 is 14.8 Å². The summed E-state index contributed by atoms with van der Waals surface area (Å²) in [4.78, 5) is 23.7. The smallest absolute Gasteiger partial charge is 0.258 e. The molecule has 0 aromatic heterocycles. The van der Waals surface area contributed by atoms with E-state index in [4.69, 9.17) is 0 Å². The predicted molar refractivity (Wildman–Crippen MR) is 64.2 cm³/mol. The Morgan fingerprint density at radius 2 is 1.41 bits per heavy atom. The van der Waals surface area contributed by atoms with Gasteiger partial charge in [0.15, 0.2) is 0 Å². The lowest BCUT2D eigenvalue weighted by Gasteiger charge is -2.13. The topological polar surface area (TPSA) is 71.5 Å². The third kappa shape index (κ3) is 2.29. The van der Waals surface area contributed by atoms with E-state index in [0.717, 1.165) is 17.1 Å². The number of imide groups is 1. The van der Waals surface area contributed by atoms with E-state index in [1.165, 1.54) is 24.3 Å². The van der Waals surface area contributed by atoms with Crippen molar-refractivity contribution < 1.29 is 18.0 Å². The molecule has 0 spiro atoms. The van der Waals surface area contributed by atoms with Crippen molar-refractivity contribution >= 4 is 40.6 Å². The molecule has 0 bridgehead atoms. The molecule has 0 atom stereocenters. The fourth-order valence-corrected chi connectivity index (χ4v) is 2.52. The van der Waals surface area contributed by atoms with Crippen LogP contribution in [0, 0.1) is 0 Å². The number of halogens is 1. The van der Waals surface area contributed by atoms with Crippen molar-refractivity contribution in [2.75, 3.05) is 4.90 Å². The number of hydrogen-bond donors (Lipinski definition) is 0. The van der Waals surface area contributed by atoms with Gasteiger partial charge in [0.05, 0.1) is 25.4 Å². The molecule has 2 amide bonds. The van der Waals surface area contributed by atoms with Crippen molar-refractivity contribution in [3.63, 3.8) is 0 Å². The van der Waals surface area contributed by atoms with E-state index in [1.54, 1.807) is 0 Å². The molecule has 5 nitrogen and oxygen atoms in total. The van der Waals surface area contributed by atoms with Gasteiger partial charge in [-0.2, -0.15) is 0 Å². The van der Waals surface area contributed by atoms with Gasteiger partial charge in [-0.15, -0.1) is 0 Å². The van der Waals surface area contributed by atoms with Gasteiger partial charge in [0, 0.05) is 12.2 Å². The van der Waals surface area contributed by atoms with Crippen molar-refractivity contribution in [3.8, 4) is 0 Å². The molecular weight excluding hydrogens is 310 g/mol. The normalized spacial score (nSPS) is 15.7. The molecule has 1 aliphatic rings. The molecule has 1 aliphatic heterocycles. The molecule has 0 aliphatic carbocycles. The minimum absolute atomic E-state index is 0.0632. The summed E-state index contributed by atoms with van der Waals surface area (Å²) in [6.07, 6.45) is 2.33.